The van der Waals surface area contributed by atoms with Crippen molar-refractivity contribution in [2.45, 2.75) is 26.3 Å². The molecule has 0 amide bonds. The van der Waals surface area contributed by atoms with Gasteiger partial charge in [-0.25, -0.2) is 0 Å². The molecule has 1 unspecified atom stereocenters. The monoisotopic (exact) mass is 364 g/mol. The van der Waals surface area contributed by atoms with Gasteiger partial charge < -0.3 is 14.8 Å². The number of ether oxygens (including phenoxy) is 2. The quantitative estimate of drug-likeness (QED) is 0.836. The maximum Gasteiger partial charge on any atom is 0.123 e. The van der Waals surface area contributed by atoms with Crippen molar-refractivity contribution in [3.63, 3.8) is 0 Å². The summed E-state index contributed by atoms with van der Waals surface area (Å²) < 4.78 is 11.0. The third kappa shape index (κ3) is 5.42. The molecule has 0 aromatic heterocycles. The van der Waals surface area contributed by atoms with E-state index in [4.69, 9.17) is 9.47 Å². The van der Waals surface area contributed by atoms with E-state index < -0.39 is 0 Å². The Kier molecular flexibility index (Phi) is 10.7. The Labute approximate surface area is 152 Å². The second kappa shape index (κ2) is 11.0. The van der Waals surface area contributed by atoms with Crippen molar-refractivity contribution in [3.05, 3.63) is 23.8 Å². The van der Waals surface area contributed by atoms with E-state index in [1.54, 1.807) is 14.2 Å². The predicted molar refractivity (Wildman–Crippen MR) is 101 cm³/mol. The molecule has 0 spiro atoms. The van der Waals surface area contributed by atoms with Crippen molar-refractivity contribution >= 4 is 24.8 Å². The lowest BCUT2D eigenvalue weighted by Crippen LogP contribution is -2.46. The Morgan fingerprint density at radius 3 is 2.30 bits per heavy atom. The van der Waals surface area contributed by atoms with Crippen molar-refractivity contribution in [3.8, 4) is 11.5 Å². The van der Waals surface area contributed by atoms with Crippen LogP contribution in [-0.4, -0.2) is 45.3 Å². The van der Waals surface area contributed by atoms with Crippen molar-refractivity contribution in [2.24, 2.45) is 5.92 Å². The van der Waals surface area contributed by atoms with Crippen LogP contribution in [0.2, 0.25) is 0 Å². The number of rotatable bonds is 6. The highest BCUT2D eigenvalue weighted by atomic mass is 35.5. The number of nitrogens with zero attached hydrogens (tertiary/aromatic N) is 1. The fourth-order valence-corrected chi connectivity index (χ4v) is 3.12. The minimum absolute atomic E-state index is 0. The smallest absolute Gasteiger partial charge is 0.123 e. The first-order valence-corrected chi connectivity index (χ1v) is 7.88. The summed E-state index contributed by atoms with van der Waals surface area (Å²) in [5.74, 6) is 2.43. The van der Waals surface area contributed by atoms with Gasteiger partial charge in [0.1, 0.15) is 11.5 Å². The van der Waals surface area contributed by atoms with Crippen molar-refractivity contribution in [1.82, 2.24) is 10.2 Å². The summed E-state index contributed by atoms with van der Waals surface area (Å²) in [6.45, 7) is 8.85. The number of halogens is 2. The molecule has 0 aliphatic carbocycles. The molecule has 1 aliphatic heterocycles. The Bertz CT molecular complexity index is 454. The third-order valence-corrected chi connectivity index (χ3v) is 4.48. The van der Waals surface area contributed by atoms with E-state index in [9.17, 15) is 0 Å². The molecule has 23 heavy (non-hydrogen) atoms. The van der Waals surface area contributed by atoms with Crippen molar-refractivity contribution in [2.75, 3.05) is 40.4 Å². The van der Waals surface area contributed by atoms with Gasteiger partial charge in [-0.1, -0.05) is 20.3 Å². The van der Waals surface area contributed by atoms with E-state index in [0.29, 0.717) is 12.0 Å². The van der Waals surface area contributed by atoms with Gasteiger partial charge in [-0.2, -0.15) is 0 Å². The lowest BCUT2D eigenvalue weighted by Gasteiger charge is -2.39. The fraction of sp³-hybridized carbons (Fsp3) is 0.647. The Morgan fingerprint density at radius 1 is 1.13 bits per heavy atom. The first kappa shape index (κ1) is 22.3. The average Bonchev–Trinajstić information content (AvgIpc) is 2.55. The molecular weight excluding hydrogens is 335 g/mol. The maximum atomic E-state index is 5.61. The molecule has 1 heterocycles. The van der Waals surface area contributed by atoms with Gasteiger partial charge in [-0.3, -0.25) is 4.90 Å². The standard InChI is InChI=1S/C17H28N2O2.2ClH/c1-5-13(2)17(19-10-8-18-9-11-19)15-12-14(20-3)6-7-16(15)21-4;;/h6-7,12-13,17-18H,5,8-11H2,1-4H3;2*1H/t13?,17-;;/m0../s1. The molecular formula is C17H30Cl2N2O2. The van der Waals surface area contributed by atoms with E-state index in [1.165, 1.54) is 5.56 Å². The first-order valence-electron chi connectivity index (χ1n) is 7.88. The number of methoxy groups -OCH3 is 2. The predicted octanol–water partition coefficient (Wildman–Crippen LogP) is 3.54. The summed E-state index contributed by atoms with van der Waals surface area (Å²) in [6.07, 6.45) is 1.15. The molecule has 0 bridgehead atoms. The molecule has 2 rings (SSSR count). The van der Waals surface area contributed by atoms with Crippen LogP contribution in [-0.2, 0) is 0 Å². The van der Waals surface area contributed by atoms with Gasteiger partial charge in [-0.05, 0) is 24.1 Å². The van der Waals surface area contributed by atoms with Gasteiger partial charge in [0.05, 0.1) is 14.2 Å². The maximum absolute atomic E-state index is 5.61. The van der Waals surface area contributed by atoms with Crippen LogP contribution in [0.1, 0.15) is 31.9 Å². The lowest BCUT2D eigenvalue weighted by atomic mass is 9.89. The molecule has 6 heteroatoms. The van der Waals surface area contributed by atoms with Crippen LogP contribution in [0.3, 0.4) is 0 Å². The minimum atomic E-state index is 0. The summed E-state index contributed by atoms with van der Waals surface area (Å²) in [5.41, 5.74) is 1.24. The summed E-state index contributed by atoms with van der Waals surface area (Å²) in [5, 5.41) is 3.43. The summed E-state index contributed by atoms with van der Waals surface area (Å²) in [6, 6.07) is 6.50. The van der Waals surface area contributed by atoms with Crippen LogP contribution in [0.15, 0.2) is 18.2 Å². The average molecular weight is 365 g/mol. The second-order valence-electron chi connectivity index (χ2n) is 5.72. The van der Waals surface area contributed by atoms with E-state index in [0.717, 1.165) is 44.1 Å². The van der Waals surface area contributed by atoms with Gasteiger partial charge in [-0.15, -0.1) is 24.8 Å². The molecule has 0 radical (unpaired) electrons. The van der Waals surface area contributed by atoms with Gasteiger partial charge in [0, 0.05) is 37.8 Å². The second-order valence-corrected chi connectivity index (χ2v) is 5.72. The molecule has 1 aliphatic rings. The highest BCUT2D eigenvalue weighted by Crippen LogP contribution is 2.38. The lowest BCUT2D eigenvalue weighted by molar-refractivity contribution is 0.126. The zero-order chi connectivity index (χ0) is 15.2. The Morgan fingerprint density at radius 2 is 1.78 bits per heavy atom. The fourth-order valence-electron chi connectivity index (χ4n) is 3.12. The molecule has 4 nitrogen and oxygen atoms in total. The third-order valence-electron chi connectivity index (χ3n) is 4.48. The number of piperazine rings is 1. The zero-order valence-electron chi connectivity index (χ0n) is 14.5. The largest absolute Gasteiger partial charge is 0.497 e. The zero-order valence-corrected chi connectivity index (χ0v) is 16.1. The van der Waals surface area contributed by atoms with Crippen LogP contribution >= 0.6 is 24.8 Å². The van der Waals surface area contributed by atoms with Gasteiger partial charge >= 0.3 is 0 Å². The van der Waals surface area contributed by atoms with Crippen LogP contribution in [0.4, 0.5) is 0 Å². The van der Waals surface area contributed by atoms with E-state index in [2.05, 4.69) is 30.1 Å². The first-order chi connectivity index (χ1) is 10.2. The molecule has 2 atom stereocenters. The molecule has 1 saturated heterocycles. The molecule has 134 valence electrons. The molecule has 1 fully saturated rings. The van der Waals surface area contributed by atoms with E-state index in [-0.39, 0.29) is 24.8 Å². The molecule has 0 saturated carbocycles. The minimum Gasteiger partial charge on any atom is -0.497 e. The molecule has 1 N–H and O–H groups in total. The van der Waals surface area contributed by atoms with Crippen LogP contribution < -0.4 is 14.8 Å². The highest BCUT2D eigenvalue weighted by molar-refractivity contribution is 5.85. The van der Waals surface area contributed by atoms with Crippen molar-refractivity contribution < 1.29 is 9.47 Å². The SMILES string of the molecule is CCC(C)[C@@H](c1cc(OC)ccc1OC)N1CCNCC1.Cl.Cl. The summed E-state index contributed by atoms with van der Waals surface area (Å²) >= 11 is 0. The van der Waals surface area contributed by atoms with Gasteiger partial charge in [0.25, 0.3) is 0 Å². The topological polar surface area (TPSA) is 33.7 Å². The Balaban J connectivity index is 0.00000242. The van der Waals surface area contributed by atoms with Crippen LogP contribution in [0.25, 0.3) is 0 Å². The summed E-state index contributed by atoms with van der Waals surface area (Å²) in [4.78, 5) is 2.57. The summed E-state index contributed by atoms with van der Waals surface area (Å²) in [7, 11) is 3.46. The number of benzene rings is 1. The van der Waals surface area contributed by atoms with Gasteiger partial charge in [0.2, 0.25) is 0 Å². The highest BCUT2D eigenvalue weighted by Gasteiger charge is 2.29. The molecule has 1 aromatic rings. The molecule has 1 aromatic carbocycles. The normalized spacial score (nSPS) is 17.4. The number of hydrogen-bond acceptors (Lipinski definition) is 4. The van der Waals surface area contributed by atoms with Gasteiger partial charge in [0.15, 0.2) is 0 Å². The van der Waals surface area contributed by atoms with Crippen LogP contribution in [0.5, 0.6) is 11.5 Å². The van der Waals surface area contributed by atoms with E-state index >= 15 is 0 Å². The number of nitrogens with one attached hydrogen (secondary N) is 1. The number of hydrogen-bond donors (Lipinski definition) is 1. The Hall–Kier alpha value is -0.680. The van der Waals surface area contributed by atoms with Crippen molar-refractivity contribution in [1.29, 1.82) is 0 Å². The van der Waals surface area contributed by atoms with Crippen LogP contribution in [0, 0.1) is 5.92 Å². The van der Waals surface area contributed by atoms with E-state index in [1.807, 2.05) is 12.1 Å².